The standard InChI is InChI=1S/C30H25BrN2O4S/c1-20-10-12-21(13-11-20)19-37-28-25(31)15-22(16-26(28)35-2)17-27-29(34)33(18-24-9-6-14-36-24)30(38-27)32-23-7-4-3-5-8-23/h3-17H,18-19H2,1-2H3/b27-17-,32-30?. The summed E-state index contributed by atoms with van der Waals surface area (Å²) in [5.74, 6) is 1.71. The predicted molar refractivity (Wildman–Crippen MR) is 155 cm³/mol. The van der Waals surface area contributed by atoms with Crippen LogP contribution in [0.2, 0.25) is 0 Å². The van der Waals surface area contributed by atoms with Gasteiger partial charge in [0.2, 0.25) is 0 Å². The molecule has 0 radical (unpaired) electrons. The topological polar surface area (TPSA) is 64.3 Å². The molecule has 5 rings (SSSR count). The minimum absolute atomic E-state index is 0.143. The fourth-order valence-electron chi connectivity index (χ4n) is 3.86. The first kappa shape index (κ1) is 25.9. The summed E-state index contributed by atoms with van der Waals surface area (Å²) in [7, 11) is 1.60. The van der Waals surface area contributed by atoms with Crippen LogP contribution in [0, 0.1) is 6.92 Å². The van der Waals surface area contributed by atoms with E-state index in [0.717, 1.165) is 21.3 Å². The number of para-hydroxylation sites is 1. The number of rotatable bonds is 8. The first-order valence-corrected chi connectivity index (χ1v) is 13.5. The zero-order chi connectivity index (χ0) is 26.5. The van der Waals surface area contributed by atoms with Gasteiger partial charge in [0.05, 0.1) is 35.0 Å². The zero-order valence-corrected chi connectivity index (χ0v) is 23.3. The number of hydrogen-bond donors (Lipinski definition) is 0. The number of carbonyl (C=O) groups is 1. The number of aliphatic imine (C=N–C) groups is 1. The maximum absolute atomic E-state index is 13.5. The van der Waals surface area contributed by atoms with Gasteiger partial charge in [0, 0.05) is 0 Å². The Morgan fingerprint density at radius 1 is 1.05 bits per heavy atom. The van der Waals surface area contributed by atoms with Gasteiger partial charge in [-0.2, -0.15) is 0 Å². The molecule has 0 saturated carbocycles. The molecule has 0 N–H and O–H groups in total. The van der Waals surface area contributed by atoms with Crippen molar-refractivity contribution >= 4 is 50.5 Å². The van der Waals surface area contributed by atoms with E-state index in [1.165, 1.54) is 17.3 Å². The van der Waals surface area contributed by atoms with Crippen LogP contribution in [0.1, 0.15) is 22.5 Å². The summed E-state index contributed by atoms with van der Waals surface area (Å²) in [5.41, 5.74) is 3.83. The van der Waals surface area contributed by atoms with E-state index in [1.807, 2.05) is 66.7 Å². The van der Waals surface area contributed by atoms with Crippen molar-refractivity contribution in [1.82, 2.24) is 4.90 Å². The Balaban J connectivity index is 1.42. The molecule has 192 valence electrons. The van der Waals surface area contributed by atoms with Crippen LogP contribution in [-0.2, 0) is 17.9 Å². The van der Waals surface area contributed by atoms with Gasteiger partial charge in [-0.15, -0.1) is 0 Å². The SMILES string of the molecule is COc1cc(/C=C2\SC(=Nc3ccccc3)N(Cc3ccco3)C2=O)cc(Br)c1OCc1ccc(C)cc1. The number of halogens is 1. The van der Waals surface area contributed by atoms with Crippen molar-refractivity contribution in [3.63, 3.8) is 0 Å². The third-order valence-electron chi connectivity index (χ3n) is 5.82. The molecule has 0 unspecified atom stereocenters. The van der Waals surface area contributed by atoms with Crippen LogP contribution >= 0.6 is 27.7 Å². The maximum Gasteiger partial charge on any atom is 0.267 e. The summed E-state index contributed by atoms with van der Waals surface area (Å²) < 4.78 is 18.0. The van der Waals surface area contributed by atoms with Gasteiger partial charge in [-0.1, -0.05) is 48.0 Å². The molecule has 4 aromatic rings. The third-order valence-corrected chi connectivity index (χ3v) is 7.41. The molecule has 3 aromatic carbocycles. The summed E-state index contributed by atoms with van der Waals surface area (Å²) >= 11 is 4.95. The number of furan rings is 1. The largest absolute Gasteiger partial charge is 0.493 e. The molecule has 1 saturated heterocycles. The molecule has 1 fully saturated rings. The molecule has 2 heterocycles. The third kappa shape index (κ3) is 6.03. The number of benzene rings is 3. The summed E-state index contributed by atoms with van der Waals surface area (Å²) in [6.45, 7) is 2.75. The number of amidine groups is 1. The summed E-state index contributed by atoms with van der Waals surface area (Å²) in [4.78, 5) is 20.4. The highest BCUT2D eigenvalue weighted by Crippen LogP contribution is 2.40. The van der Waals surface area contributed by atoms with Crippen LogP contribution in [0.25, 0.3) is 6.08 Å². The average Bonchev–Trinajstić information content (AvgIpc) is 3.54. The lowest BCUT2D eigenvalue weighted by molar-refractivity contribution is -0.122. The molecule has 6 nitrogen and oxygen atoms in total. The average molecular weight is 590 g/mol. The first-order chi connectivity index (χ1) is 18.5. The number of ether oxygens (including phenoxy) is 2. The highest BCUT2D eigenvalue weighted by Gasteiger charge is 2.34. The van der Waals surface area contributed by atoms with Crippen LogP contribution in [0.15, 0.2) is 104 Å². The van der Waals surface area contributed by atoms with Crippen molar-refractivity contribution in [1.29, 1.82) is 0 Å². The monoisotopic (exact) mass is 588 g/mol. The normalized spacial score (nSPS) is 15.4. The number of carbonyl (C=O) groups excluding carboxylic acids is 1. The van der Waals surface area contributed by atoms with Gasteiger partial charge in [-0.3, -0.25) is 9.69 Å². The molecule has 38 heavy (non-hydrogen) atoms. The second-order valence-corrected chi connectivity index (χ2v) is 10.5. The van der Waals surface area contributed by atoms with Crippen molar-refractivity contribution in [3.05, 3.63) is 117 Å². The highest BCUT2D eigenvalue weighted by molar-refractivity contribution is 9.10. The lowest BCUT2D eigenvalue weighted by Gasteiger charge is -2.14. The van der Waals surface area contributed by atoms with Gasteiger partial charge in [0.15, 0.2) is 16.7 Å². The number of amides is 1. The Morgan fingerprint density at radius 2 is 1.84 bits per heavy atom. The van der Waals surface area contributed by atoms with E-state index in [2.05, 4.69) is 35.0 Å². The molecule has 0 bridgehead atoms. The number of hydrogen-bond acceptors (Lipinski definition) is 6. The van der Waals surface area contributed by atoms with E-state index < -0.39 is 0 Å². The minimum atomic E-state index is -0.143. The van der Waals surface area contributed by atoms with E-state index in [9.17, 15) is 4.79 Å². The first-order valence-electron chi connectivity index (χ1n) is 11.9. The fourth-order valence-corrected chi connectivity index (χ4v) is 5.43. The Hall–Kier alpha value is -3.75. The molecule has 8 heteroatoms. The van der Waals surface area contributed by atoms with Crippen LogP contribution in [0.3, 0.4) is 0 Å². The van der Waals surface area contributed by atoms with E-state index in [4.69, 9.17) is 18.9 Å². The molecule has 0 spiro atoms. The van der Waals surface area contributed by atoms with Gasteiger partial charge >= 0.3 is 0 Å². The van der Waals surface area contributed by atoms with Crippen LogP contribution in [-0.4, -0.2) is 23.1 Å². The molecular formula is C30H25BrN2O4S. The molecule has 1 aromatic heterocycles. The molecule has 1 aliphatic rings. The lowest BCUT2D eigenvalue weighted by atomic mass is 10.1. The van der Waals surface area contributed by atoms with Crippen molar-refractivity contribution in [2.75, 3.05) is 7.11 Å². The number of aryl methyl sites for hydroxylation is 1. The Kier molecular flexibility index (Phi) is 8.00. The molecule has 0 aliphatic carbocycles. The minimum Gasteiger partial charge on any atom is -0.493 e. The molecular weight excluding hydrogens is 564 g/mol. The van der Waals surface area contributed by atoms with Crippen molar-refractivity contribution in [2.45, 2.75) is 20.1 Å². The van der Waals surface area contributed by atoms with E-state index >= 15 is 0 Å². The Morgan fingerprint density at radius 3 is 2.55 bits per heavy atom. The summed E-state index contributed by atoms with van der Waals surface area (Å²) in [5, 5.41) is 0.591. The van der Waals surface area contributed by atoms with Crippen molar-refractivity contribution in [2.24, 2.45) is 4.99 Å². The summed E-state index contributed by atoms with van der Waals surface area (Å²) in [6.07, 6.45) is 3.44. The molecule has 1 amide bonds. The molecule has 1 aliphatic heterocycles. The van der Waals surface area contributed by atoms with Gasteiger partial charge in [-0.25, -0.2) is 4.99 Å². The maximum atomic E-state index is 13.5. The summed E-state index contributed by atoms with van der Waals surface area (Å²) in [6, 6.07) is 25.2. The Labute approximate surface area is 234 Å². The van der Waals surface area contributed by atoms with Gasteiger partial charge in [-0.05, 0) is 88.2 Å². The number of nitrogens with zero attached hydrogens (tertiary/aromatic N) is 2. The van der Waals surface area contributed by atoms with Crippen molar-refractivity contribution < 1.29 is 18.7 Å². The van der Waals surface area contributed by atoms with E-state index in [0.29, 0.717) is 40.5 Å². The van der Waals surface area contributed by atoms with Gasteiger partial charge in [0.1, 0.15) is 12.4 Å². The zero-order valence-electron chi connectivity index (χ0n) is 20.9. The molecule has 0 atom stereocenters. The number of methoxy groups -OCH3 is 1. The number of thioether (sulfide) groups is 1. The van der Waals surface area contributed by atoms with Gasteiger partial charge < -0.3 is 13.9 Å². The Bertz CT molecular complexity index is 1480. The predicted octanol–water partition coefficient (Wildman–Crippen LogP) is 7.74. The smallest absolute Gasteiger partial charge is 0.267 e. The van der Waals surface area contributed by atoms with Crippen LogP contribution < -0.4 is 9.47 Å². The van der Waals surface area contributed by atoms with Gasteiger partial charge in [0.25, 0.3) is 5.91 Å². The second kappa shape index (κ2) is 11.8. The van der Waals surface area contributed by atoms with Crippen LogP contribution in [0.4, 0.5) is 5.69 Å². The highest BCUT2D eigenvalue weighted by atomic mass is 79.9. The lowest BCUT2D eigenvalue weighted by Crippen LogP contribution is -2.28. The quantitative estimate of drug-likeness (QED) is 0.197. The fraction of sp³-hybridized carbons (Fsp3) is 0.133. The van der Waals surface area contributed by atoms with Crippen molar-refractivity contribution in [3.8, 4) is 11.5 Å². The van der Waals surface area contributed by atoms with Crippen LogP contribution in [0.5, 0.6) is 11.5 Å². The van der Waals surface area contributed by atoms with E-state index in [1.54, 1.807) is 24.3 Å². The van der Waals surface area contributed by atoms with E-state index in [-0.39, 0.29) is 5.91 Å². The second-order valence-electron chi connectivity index (χ2n) is 8.62.